The fraction of sp³-hybridized carbons (Fsp3) is 0.781. The standard InChI is InChI=1S/C73H132NO8P/c1-6-8-10-12-14-16-18-20-22-24-26-27-28-29-30-31-32-33-34-35-36-37-38-39-40-41-42-43-44-45-46-47-48-50-52-54-56-58-60-62-64-66-73(76)82-71(70-81-83(77,78)80-68-67-74(3,4)5)69-79-72(75)65-63-61-59-57-55-53-51-49-25-23-21-19-17-15-13-11-9-7-2/h8,10,14,16-17,19-20,22-23,25-27,29-30,71H,6-7,9,11-13,15,18,21,24,28,31-70H2,1-5H3/p+1/b10-8-,16-14-,19-17-,22-20-,25-23-,27-26-,30-29-. The number of hydrogen-bond acceptors (Lipinski definition) is 7. The van der Waals surface area contributed by atoms with Crippen molar-refractivity contribution in [1.82, 2.24) is 0 Å². The summed E-state index contributed by atoms with van der Waals surface area (Å²) in [6.07, 6.45) is 87.0. The normalized spacial score (nSPS) is 13.7. The van der Waals surface area contributed by atoms with E-state index in [9.17, 15) is 19.0 Å². The number of carbonyl (C=O) groups excluding carboxylic acids is 2. The molecule has 0 bridgehead atoms. The quantitative estimate of drug-likeness (QED) is 0.0211. The fourth-order valence-electron chi connectivity index (χ4n) is 9.84. The summed E-state index contributed by atoms with van der Waals surface area (Å²) in [5, 5.41) is 0. The number of ether oxygens (including phenoxy) is 2. The Morgan fingerprint density at radius 3 is 1.02 bits per heavy atom. The first-order chi connectivity index (χ1) is 40.5. The van der Waals surface area contributed by atoms with Crippen molar-refractivity contribution in [2.75, 3.05) is 47.5 Å². The van der Waals surface area contributed by atoms with Crippen LogP contribution in [0.3, 0.4) is 0 Å². The lowest BCUT2D eigenvalue weighted by molar-refractivity contribution is -0.870. The Morgan fingerprint density at radius 1 is 0.386 bits per heavy atom. The maximum absolute atomic E-state index is 12.9. The van der Waals surface area contributed by atoms with Crippen LogP contribution in [-0.4, -0.2) is 74.9 Å². The molecule has 10 heteroatoms. The predicted molar refractivity (Wildman–Crippen MR) is 358 cm³/mol. The highest BCUT2D eigenvalue weighted by Crippen LogP contribution is 2.43. The number of esters is 2. The van der Waals surface area contributed by atoms with Crippen LogP contribution in [0.25, 0.3) is 0 Å². The SMILES string of the molecule is CC/C=C\C/C=C\C/C=C\C/C=C\C/C=C\CCCCCCCCCCCCCCCCCCCCCCCCCCCC(=O)OC(COC(=O)CCCCCCCCC/C=C\C/C=C\CCCCCC)COP(=O)(O)OCC[N+](C)(C)C. The van der Waals surface area contributed by atoms with E-state index >= 15 is 0 Å². The highest BCUT2D eigenvalue weighted by molar-refractivity contribution is 7.47. The molecular weight excluding hydrogens is 1050 g/mol. The maximum atomic E-state index is 12.9. The molecule has 0 aromatic heterocycles. The van der Waals surface area contributed by atoms with Crippen molar-refractivity contribution in [2.45, 2.75) is 322 Å². The highest BCUT2D eigenvalue weighted by atomic mass is 31.2. The van der Waals surface area contributed by atoms with Crippen LogP contribution in [0.4, 0.5) is 0 Å². The van der Waals surface area contributed by atoms with Crippen molar-refractivity contribution in [3.8, 4) is 0 Å². The lowest BCUT2D eigenvalue weighted by Gasteiger charge is -2.24. The third-order valence-electron chi connectivity index (χ3n) is 15.2. The molecular formula is C73H133NO8P+. The van der Waals surface area contributed by atoms with Gasteiger partial charge >= 0.3 is 19.8 Å². The molecule has 9 nitrogen and oxygen atoms in total. The van der Waals surface area contributed by atoms with E-state index < -0.39 is 26.5 Å². The van der Waals surface area contributed by atoms with Crippen LogP contribution < -0.4 is 0 Å². The molecule has 0 amide bonds. The number of unbranched alkanes of at least 4 members (excludes halogenated alkanes) is 36. The van der Waals surface area contributed by atoms with Gasteiger partial charge in [0.15, 0.2) is 6.10 Å². The van der Waals surface area contributed by atoms with Gasteiger partial charge in [-0.3, -0.25) is 18.6 Å². The molecule has 0 aliphatic rings. The van der Waals surface area contributed by atoms with Gasteiger partial charge in [0.25, 0.3) is 0 Å². The zero-order chi connectivity index (χ0) is 60.5. The van der Waals surface area contributed by atoms with E-state index in [1.807, 2.05) is 21.1 Å². The summed E-state index contributed by atoms with van der Waals surface area (Å²) in [5.74, 6) is -0.795. The van der Waals surface area contributed by atoms with Crippen molar-refractivity contribution in [2.24, 2.45) is 0 Å². The first kappa shape index (κ1) is 80.2. The predicted octanol–water partition coefficient (Wildman–Crippen LogP) is 22.5. The summed E-state index contributed by atoms with van der Waals surface area (Å²) in [7, 11) is 1.48. The molecule has 0 aromatic carbocycles. The molecule has 2 unspecified atom stereocenters. The molecule has 0 saturated carbocycles. The van der Waals surface area contributed by atoms with Gasteiger partial charge in [0.2, 0.25) is 0 Å². The molecule has 83 heavy (non-hydrogen) atoms. The minimum atomic E-state index is -4.39. The number of hydrogen-bond donors (Lipinski definition) is 1. The number of rotatable bonds is 64. The van der Waals surface area contributed by atoms with E-state index in [2.05, 4.69) is 98.9 Å². The smallest absolute Gasteiger partial charge is 0.462 e. The van der Waals surface area contributed by atoms with E-state index in [1.54, 1.807) is 0 Å². The highest BCUT2D eigenvalue weighted by Gasteiger charge is 2.27. The Balaban J connectivity index is 3.91. The van der Waals surface area contributed by atoms with Crippen molar-refractivity contribution < 1.29 is 42.1 Å². The van der Waals surface area contributed by atoms with Gasteiger partial charge < -0.3 is 18.9 Å². The van der Waals surface area contributed by atoms with Crippen LogP contribution in [0.5, 0.6) is 0 Å². The first-order valence-electron chi connectivity index (χ1n) is 34.8. The lowest BCUT2D eigenvalue weighted by Crippen LogP contribution is -2.37. The second kappa shape index (κ2) is 63.7. The van der Waals surface area contributed by atoms with E-state index in [0.29, 0.717) is 17.4 Å². The van der Waals surface area contributed by atoms with Crippen LogP contribution in [0, 0.1) is 0 Å². The van der Waals surface area contributed by atoms with Gasteiger partial charge in [0.05, 0.1) is 27.7 Å². The minimum Gasteiger partial charge on any atom is -0.462 e. The largest absolute Gasteiger partial charge is 0.472 e. The fourth-order valence-corrected chi connectivity index (χ4v) is 10.6. The first-order valence-corrected chi connectivity index (χ1v) is 36.3. The number of phosphoric acid groups is 1. The van der Waals surface area contributed by atoms with Crippen LogP contribution in [0.2, 0.25) is 0 Å². The molecule has 0 aromatic rings. The molecule has 0 radical (unpaired) electrons. The zero-order valence-corrected chi connectivity index (χ0v) is 55.8. The van der Waals surface area contributed by atoms with Crippen LogP contribution in [0.1, 0.15) is 316 Å². The topological polar surface area (TPSA) is 108 Å². The summed E-state index contributed by atoms with van der Waals surface area (Å²) in [6, 6.07) is 0. The van der Waals surface area contributed by atoms with Crippen LogP contribution in [-0.2, 0) is 32.7 Å². The Morgan fingerprint density at radius 2 is 0.687 bits per heavy atom. The molecule has 2 atom stereocenters. The van der Waals surface area contributed by atoms with Gasteiger partial charge in [-0.15, -0.1) is 0 Å². The molecule has 0 fully saturated rings. The van der Waals surface area contributed by atoms with Gasteiger partial charge in [0, 0.05) is 12.8 Å². The summed E-state index contributed by atoms with van der Waals surface area (Å²) in [5.41, 5.74) is 0. The Hall–Kier alpha value is -2.81. The van der Waals surface area contributed by atoms with Crippen LogP contribution in [0.15, 0.2) is 85.1 Å². The van der Waals surface area contributed by atoms with E-state index in [1.165, 1.54) is 199 Å². The molecule has 0 aliphatic carbocycles. The monoisotopic (exact) mass is 1180 g/mol. The second-order valence-corrected chi connectivity index (χ2v) is 26.0. The van der Waals surface area contributed by atoms with Gasteiger partial charge in [0.1, 0.15) is 19.8 Å². The van der Waals surface area contributed by atoms with Gasteiger partial charge in [-0.2, -0.15) is 0 Å². The Kier molecular flexibility index (Phi) is 61.5. The van der Waals surface area contributed by atoms with E-state index in [0.717, 1.165) is 83.5 Å². The third-order valence-corrected chi connectivity index (χ3v) is 16.1. The number of carbonyl (C=O) groups is 2. The van der Waals surface area contributed by atoms with Crippen molar-refractivity contribution in [1.29, 1.82) is 0 Å². The van der Waals surface area contributed by atoms with Crippen molar-refractivity contribution >= 4 is 19.8 Å². The second-order valence-electron chi connectivity index (χ2n) is 24.5. The summed E-state index contributed by atoms with van der Waals surface area (Å²) in [4.78, 5) is 35.8. The Bertz CT molecular complexity index is 1680. The number of nitrogens with zero attached hydrogens (tertiary/aromatic N) is 1. The zero-order valence-electron chi connectivity index (χ0n) is 54.9. The summed E-state index contributed by atoms with van der Waals surface area (Å²) >= 11 is 0. The van der Waals surface area contributed by atoms with Gasteiger partial charge in [-0.05, 0) is 89.9 Å². The maximum Gasteiger partial charge on any atom is 0.472 e. The van der Waals surface area contributed by atoms with Crippen molar-refractivity contribution in [3.63, 3.8) is 0 Å². The van der Waals surface area contributed by atoms with E-state index in [-0.39, 0.29) is 32.0 Å². The van der Waals surface area contributed by atoms with Crippen LogP contribution >= 0.6 is 7.82 Å². The molecule has 0 saturated heterocycles. The number of allylic oxidation sites excluding steroid dienone is 14. The third kappa shape index (κ3) is 68.2. The molecule has 0 spiro atoms. The number of phosphoric ester groups is 1. The van der Waals surface area contributed by atoms with Crippen molar-refractivity contribution in [3.05, 3.63) is 85.1 Å². The van der Waals surface area contributed by atoms with Gasteiger partial charge in [-0.25, -0.2) is 4.57 Å². The van der Waals surface area contributed by atoms with Gasteiger partial charge in [-0.1, -0.05) is 298 Å². The summed E-state index contributed by atoms with van der Waals surface area (Å²) in [6.45, 7) is 4.33. The minimum absolute atomic E-state index is 0.0302. The molecule has 482 valence electrons. The average molecular weight is 1180 g/mol. The lowest BCUT2D eigenvalue weighted by atomic mass is 10.0. The molecule has 1 N–H and O–H groups in total. The molecule has 0 rings (SSSR count). The van der Waals surface area contributed by atoms with E-state index in [4.69, 9.17) is 18.5 Å². The average Bonchev–Trinajstić information content (AvgIpc) is 3.48. The Labute approximate surface area is 513 Å². The number of likely N-dealkylation sites (N-methyl/N-ethyl adjacent to an activating group) is 1. The molecule has 0 heterocycles. The summed E-state index contributed by atoms with van der Waals surface area (Å²) < 4.78 is 34.7. The molecule has 0 aliphatic heterocycles. The number of quaternary nitrogens is 1.